The van der Waals surface area contributed by atoms with Crippen molar-refractivity contribution in [3.8, 4) is 28.6 Å². The van der Waals surface area contributed by atoms with Crippen molar-refractivity contribution in [3.05, 3.63) is 78.5 Å². The van der Waals surface area contributed by atoms with Crippen LogP contribution in [0.2, 0.25) is 0 Å². The molecule has 7 nitrogen and oxygen atoms in total. The summed E-state index contributed by atoms with van der Waals surface area (Å²) in [6.45, 7) is 0. The van der Waals surface area contributed by atoms with Crippen molar-refractivity contribution in [2.75, 3.05) is 12.4 Å². The smallest absolute Gasteiger partial charge is 0.259 e. The first kappa shape index (κ1) is 17.4. The molecular weight excluding hydrogens is 356 g/mol. The molecule has 0 fully saturated rings. The number of aromatic nitrogens is 3. The minimum atomic E-state index is -0.307. The molecule has 0 saturated carbocycles. The highest BCUT2D eigenvalue weighted by molar-refractivity contribution is 6.07. The summed E-state index contributed by atoms with van der Waals surface area (Å²) >= 11 is 0. The highest BCUT2D eigenvalue weighted by Crippen LogP contribution is 2.26. The van der Waals surface area contributed by atoms with Gasteiger partial charge >= 0.3 is 0 Å². The molecule has 0 aliphatic rings. The number of nitrogens with one attached hydrogen (secondary N) is 1. The van der Waals surface area contributed by atoms with Gasteiger partial charge in [-0.3, -0.25) is 4.79 Å². The molecule has 28 heavy (non-hydrogen) atoms. The lowest BCUT2D eigenvalue weighted by Crippen LogP contribution is -2.14. The largest absolute Gasteiger partial charge is 0.497 e. The van der Waals surface area contributed by atoms with Gasteiger partial charge in [-0.25, -0.2) is 4.98 Å². The van der Waals surface area contributed by atoms with Crippen LogP contribution in [0.1, 0.15) is 10.4 Å². The summed E-state index contributed by atoms with van der Waals surface area (Å²) in [5.74, 6) is 1.59. The molecule has 1 N–H and O–H groups in total. The maximum Gasteiger partial charge on any atom is 0.259 e. The Morgan fingerprint density at radius 3 is 2.54 bits per heavy atom. The van der Waals surface area contributed by atoms with E-state index in [-0.39, 0.29) is 11.8 Å². The number of carbonyl (C=O) groups excluding carboxylic acids is 1. The number of anilines is 1. The minimum absolute atomic E-state index is 0.262. The highest BCUT2D eigenvalue weighted by Gasteiger charge is 2.18. The van der Waals surface area contributed by atoms with Crippen LogP contribution in [0.15, 0.2) is 77.4 Å². The fraction of sp³-hybridized carbons (Fsp3) is 0.0476. The van der Waals surface area contributed by atoms with E-state index in [2.05, 4.69) is 20.4 Å². The summed E-state index contributed by atoms with van der Waals surface area (Å²) in [4.78, 5) is 21.3. The Morgan fingerprint density at radius 2 is 1.79 bits per heavy atom. The van der Waals surface area contributed by atoms with E-state index < -0.39 is 0 Å². The van der Waals surface area contributed by atoms with Crippen LogP contribution < -0.4 is 10.1 Å². The van der Waals surface area contributed by atoms with Gasteiger partial charge in [-0.2, -0.15) is 4.98 Å². The van der Waals surface area contributed by atoms with E-state index >= 15 is 0 Å². The molecule has 1 amide bonds. The van der Waals surface area contributed by atoms with Gasteiger partial charge in [0.15, 0.2) is 0 Å². The number of hydrogen-bond acceptors (Lipinski definition) is 6. The standard InChI is InChI=1S/C21H16N4O3/c1-27-15-11-9-14(10-12-15)19-24-21(28-25-19)17-7-3-2-6-16(17)20(26)23-18-8-4-5-13-22-18/h2-13H,1H3,(H,22,23,26). The summed E-state index contributed by atoms with van der Waals surface area (Å²) in [6, 6.07) is 19.7. The predicted octanol–water partition coefficient (Wildman–Crippen LogP) is 4.06. The van der Waals surface area contributed by atoms with E-state index in [0.29, 0.717) is 22.8 Å². The maximum atomic E-state index is 12.7. The normalized spacial score (nSPS) is 10.5. The Labute approximate surface area is 161 Å². The molecule has 0 radical (unpaired) electrons. The molecule has 4 rings (SSSR count). The Hall–Kier alpha value is -4.00. The molecule has 0 atom stereocenters. The lowest BCUT2D eigenvalue weighted by molar-refractivity contribution is 0.102. The highest BCUT2D eigenvalue weighted by atomic mass is 16.5. The molecule has 7 heteroatoms. The molecule has 2 aromatic heterocycles. The molecule has 0 saturated heterocycles. The number of hydrogen-bond donors (Lipinski definition) is 1. The van der Waals surface area contributed by atoms with Crippen LogP contribution in [0.5, 0.6) is 5.75 Å². The van der Waals surface area contributed by atoms with Crippen LogP contribution in [0, 0.1) is 0 Å². The number of methoxy groups -OCH3 is 1. The van der Waals surface area contributed by atoms with Crippen molar-refractivity contribution >= 4 is 11.7 Å². The van der Waals surface area contributed by atoms with Gasteiger partial charge in [-0.15, -0.1) is 0 Å². The van der Waals surface area contributed by atoms with Gasteiger partial charge in [0.25, 0.3) is 11.8 Å². The number of benzene rings is 2. The number of ether oxygens (including phenoxy) is 1. The van der Waals surface area contributed by atoms with Crippen LogP contribution in [-0.2, 0) is 0 Å². The number of nitrogens with zero attached hydrogens (tertiary/aromatic N) is 3. The van der Waals surface area contributed by atoms with Crippen molar-refractivity contribution in [1.29, 1.82) is 0 Å². The predicted molar refractivity (Wildman–Crippen MR) is 104 cm³/mol. The second kappa shape index (κ2) is 7.71. The van der Waals surface area contributed by atoms with Crippen LogP contribution in [0.3, 0.4) is 0 Å². The van der Waals surface area contributed by atoms with E-state index in [1.165, 1.54) is 0 Å². The molecule has 0 aliphatic heterocycles. The Kier molecular flexibility index (Phi) is 4.79. The average molecular weight is 372 g/mol. The quantitative estimate of drug-likeness (QED) is 0.568. The zero-order valence-corrected chi connectivity index (χ0v) is 15.0. The zero-order chi connectivity index (χ0) is 19.3. The van der Waals surface area contributed by atoms with Gasteiger partial charge in [0.1, 0.15) is 11.6 Å². The third-order valence-electron chi connectivity index (χ3n) is 4.08. The van der Waals surface area contributed by atoms with Crippen molar-refractivity contribution in [2.45, 2.75) is 0 Å². The number of carbonyl (C=O) groups is 1. The molecule has 138 valence electrons. The Morgan fingerprint density at radius 1 is 1.00 bits per heavy atom. The number of amides is 1. The van der Waals surface area contributed by atoms with Gasteiger partial charge in [0, 0.05) is 11.8 Å². The summed E-state index contributed by atoms with van der Waals surface area (Å²) in [7, 11) is 1.61. The van der Waals surface area contributed by atoms with Gasteiger partial charge < -0.3 is 14.6 Å². The fourth-order valence-corrected chi connectivity index (χ4v) is 2.68. The molecule has 2 heterocycles. The third kappa shape index (κ3) is 3.59. The van der Waals surface area contributed by atoms with Crippen LogP contribution in [0.4, 0.5) is 5.82 Å². The van der Waals surface area contributed by atoms with E-state index in [1.807, 2.05) is 30.3 Å². The van der Waals surface area contributed by atoms with E-state index in [0.717, 1.165) is 11.3 Å². The zero-order valence-electron chi connectivity index (χ0n) is 15.0. The van der Waals surface area contributed by atoms with Gasteiger partial charge in [0.05, 0.1) is 18.2 Å². The lowest BCUT2D eigenvalue weighted by atomic mass is 10.1. The Bertz CT molecular complexity index is 1090. The monoisotopic (exact) mass is 372 g/mol. The van der Waals surface area contributed by atoms with Gasteiger partial charge in [-0.1, -0.05) is 23.4 Å². The molecule has 0 aliphatic carbocycles. The first-order valence-corrected chi connectivity index (χ1v) is 8.54. The van der Waals surface area contributed by atoms with Gasteiger partial charge in [-0.05, 0) is 48.5 Å². The number of pyridine rings is 1. The van der Waals surface area contributed by atoms with Crippen molar-refractivity contribution in [2.24, 2.45) is 0 Å². The van der Waals surface area contributed by atoms with Crippen LogP contribution in [-0.4, -0.2) is 28.1 Å². The van der Waals surface area contributed by atoms with Gasteiger partial charge in [0.2, 0.25) is 5.82 Å². The van der Waals surface area contributed by atoms with E-state index in [9.17, 15) is 4.79 Å². The molecular formula is C21H16N4O3. The van der Waals surface area contributed by atoms with E-state index in [4.69, 9.17) is 9.26 Å². The molecule has 0 spiro atoms. The topological polar surface area (TPSA) is 90.1 Å². The summed E-state index contributed by atoms with van der Waals surface area (Å²) in [5, 5.41) is 6.80. The molecule has 0 bridgehead atoms. The minimum Gasteiger partial charge on any atom is -0.497 e. The average Bonchev–Trinajstić information content (AvgIpc) is 3.25. The first-order valence-electron chi connectivity index (χ1n) is 8.54. The van der Waals surface area contributed by atoms with Crippen molar-refractivity contribution in [3.63, 3.8) is 0 Å². The summed E-state index contributed by atoms with van der Waals surface area (Å²) < 4.78 is 10.6. The van der Waals surface area contributed by atoms with E-state index in [1.54, 1.807) is 49.7 Å². The lowest BCUT2D eigenvalue weighted by Gasteiger charge is -2.07. The summed E-state index contributed by atoms with van der Waals surface area (Å²) in [5.41, 5.74) is 1.74. The first-order chi connectivity index (χ1) is 13.7. The van der Waals surface area contributed by atoms with Crippen molar-refractivity contribution < 1.29 is 14.1 Å². The summed E-state index contributed by atoms with van der Waals surface area (Å²) in [6.07, 6.45) is 1.61. The SMILES string of the molecule is COc1ccc(-c2noc(-c3ccccc3C(=O)Nc3ccccn3)n2)cc1. The fourth-order valence-electron chi connectivity index (χ4n) is 2.68. The second-order valence-corrected chi connectivity index (χ2v) is 5.87. The molecule has 0 unspecified atom stereocenters. The van der Waals surface area contributed by atoms with Crippen molar-refractivity contribution in [1.82, 2.24) is 15.1 Å². The second-order valence-electron chi connectivity index (χ2n) is 5.87. The third-order valence-corrected chi connectivity index (χ3v) is 4.08. The maximum absolute atomic E-state index is 12.7. The Balaban J connectivity index is 1.63. The molecule has 2 aromatic carbocycles. The number of rotatable bonds is 5. The molecule has 4 aromatic rings. The van der Waals surface area contributed by atoms with Crippen LogP contribution in [0.25, 0.3) is 22.8 Å². The van der Waals surface area contributed by atoms with Crippen LogP contribution >= 0.6 is 0 Å².